The maximum Gasteiger partial charge on any atom is 0.0640 e. The second-order valence-corrected chi connectivity index (χ2v) is 5.95. The molecule has 0 saturated heterocycles. The summed E-state index contributed by atoms with van der Waals surface area (Å²) in [6, 6.07) is 5.96. The van der Waals surface area contributed by atoms with Gasteiger partial charge in [0, 0.05) is 32.3 Å². The van der Waals surface area contributed by atoms with Crippen LogP contribution in [0.25, 0.3) is 0 Å². The lowest BCUT2D eigenvalue weighted by atomic mass is 10.0. The predicted octanol–water partition coefficient (Wildman–Crippen LogP) is 3.74. The second-order valence-electron chi connectivity index (χ2n) is 5.16. The molecule has 2 N–H and O–H groups in total. The highest BCUT2D eigenvalue weighted by Crippen LogP contribution is 2.30. The van der Waals surface area contributed by atoms with Crippen LogP contribution >= 0.6 is 23.2 Å². The van der Waals surface area contributed by atoms with Gasteiger partial charge < -0.3 is 10.5 Å². The molecular weight excluding hydrogens is 295 g/mol. The Morgan fingerprint density at radius 3 is 2.55 bits per heavy atom. The van der Waals surface area contributed by atoms with Gasteiger partial charge in [0.05, 0.1) is 16.7 Å². The van der Waals surface area contributed by atoms with E-state index in [0.717, 1.165) is 31.7 Å². The third-order valence-electron chi connectivity index (χ3n) is 3.42. The molecule has 5 heteroatoms. The van der Waals surface area contributed by atoms with E-state index in [0.29, 0.717) is 16.1 Å². The smallest absolute Gasteiger partial charge is 0.0640 e. The van der Waals surface area contributed by atoms with Crippen LogP contribution in [-0.2, 0) is 4.74 Å². The average molecular weight is 319 g/mol. The number of rotatable bonds is 8. The Kier molecular flexibility index (Phi) is 7.85. The maximum absolute atomic E-state index is 6.24. The zero-order valence-corrected chi connectivity index (χ0v) is 13.9. The highest BCUT2D eigenvalue weighted by atomic mass is 35.5. The Labute approximate surface area is 132 Å². The summed E-state index contributed by atoms with van der Waals surface area (Å²) in [5.74, 6) is 0. The molecule has 0 amide bonds. The van der Waals surface area contributed by atoms with Gasteiger partial charge in [-0.1, -0.05) is 35.3 Å². The van der Waals surface area contributed by atoms with Crippen LogP contribution in [0.1, 0.15) is 31.9 Å². The lowest BCUT2D eigenvalue weighted by Crippen LogP contribution is -2.36. The van der Waals surface area contributed by atoms with Crippen LogP contribution in [0.4, 0.5) is 0 Å². The Bertz CT molecular complexity index is 413. The summed E-state index contributed by atoms with van der Waals surface area (Å²) in [5.41, 5.74) is 7.15. The first-order chi connectivity index (χ1) is 9.47. The summed E-state index contributed by atoms with van der Waals surface area (Å²) in [4.78, 5) is 2.35. The fourth-order valence-corrected chi connectivity index (χ4v) is 2.55. The lowest BCUT2D eigenvalue weighted by molar-refractivity contribution is 0.127. The first kappa shape index (κ1) is 17.7. The van der Waals surface area contributed by atoms with E-state index < -0.39 is 0 Å². The zero-order valence-electron chi connectivity index (χ0n) is 12.4. The fraction of sp³-hybridized carbons (Fsp3) is 0.600. The molecule has 20 heavy (non-hydrogen) atoms. The minimum atomic E-state index is -0.106. The normalized spacial score (nSPS) is 13.2. The highest BCUT2D eigenvalue weighted by molar-refractivity contribution is 6.42. The molecule has 1 aromatic carbocycles. The summed E-state index contributed by atoms with van der Waals surface area (Å²) >= 11 is 12.2. The average Bonchev–Trinajstić information content (AvgIpc) is 2.41. The zero-order chi connectivity index (χ0) is 15.1. The number of halogens is 2. The molecule has 0 bridgehead atoms. The van der Waals surface area contributed by atoms with Gasteiger partial charge in [-0.25, -0.2) is 0 Å². The van der Waals surface area contributed by atoms with Crippen LogP contribution in [-0.4, -0.2) is 37.7 Å². The molecule has 0 aliphatic rings. The summed E-state index contributed by atoms with van der Waals surface area (Å²) < 4.78 is 5.14. The first-order valence-corrected chi connectivity index (χ1v) is 7.65. The van der Waals surface area contributed by atoms with Crippen molar-refractivity contribution in [3.8, 4) is 0 Å². The van der Waals surface area contributed by atoms with Crippen molar-refractivity contribution >= 4 is 23.2 Å². The van der Waals surface area contributed by atoms with Gasteiger partial charge in [-0.2, -0.15) is 0 Å². The minimum absolute atomic E-state index is 0.106. The van der Waals surface area contributed by atoms with Crippen molar-refractivity contribution in [1.82, 2.24) is 4.90 Å². The largest absolute Gasteiger partial charge is 0.383 e. The van der Waals surface area contributed by atoms with Gasteiger partial charge in [0.15, 0.2) is 0 Å². The monoisotopic (exact) mass is 318 g/mol. The van der Waals surface area contributed by atoms with E-state index in [4.69, 9.17) is 33.7 Å². The summed E-state index contributed by atoms with van der Waals surface area (Å²) in [7, 11) is 1.72. The van der Waals surface area contributed by atoms with Crippen molar-refractivity contribution in [2.45, 2.75) is 32.4 Å². The quantitative estimate of drug-likeness (QED) is 0.793. The fourth-order valence-electron chi connectivity index (χ4n) is 2.10. The Morgan fingerprint density at radius 2 is 1.95 bits per heavy atom. The molecule has 0 aliphatic carbocycles. The predicted molar refractivity (Wildman–Crippen MR) is 86.6 cm³/mol. The van der Waals surface area contributed by atoms with Gasteiger partial charge in [0.25, 0.3) is 0 Å². The highest BCUT2D eigenvalue weighted by Gasteiger charge is 2.15. The van der Waals surface area contributed by atoms with Gasteiger partial charge in [-0.15, -0.1) is 0 Å². The van der Waals surface area contributed by atoms with Crippen LogP contribution in [0.2, 0.25) is 10.0 Å². The Hall–Kier alpha value is -0.320. The summed E-state index contributed by atoms with van der Waals surface area (Å²) in [6.07, 6.45) is 0.835. The Morgan fingerprint density at radius 1 is 1.25 bits per heavy atom. The lowest BCUT2D eigenvalue weighted by Gasteiger charge is -2.27. The molecular formula is C15H24Cl2N2O. The van der Waals surface area contributed by atoms with Crippen molar-refractivity contribution < 1.29 is 4.74 Å². The molecule has 1 atom stereocenters. The maximum atomic E-state index is 6.24. The molecule has 0 saturated carbocycles. The third-order valence-corrected chi connectivity index (χ3v) is 4.25. The number of nitrogens with zero attached hydrogens (tertiary/aromatic N) is 1. The molecule has 0 radical (unpaired) electrons. The van der Waals surface area contributed by atoms with Crippen molar-refractivity contribution in [2.24, 2.45) is 5.73 Å². The van der Waals surface area contributed by atoms with E-state index in [2.05, 4.69) is 18.7 Å². The van der Waals surface area contributed by atoms with E-state index in [-0.39, 0.29) is 6.04 Å². The number of methoxy groups -OCH3 is 1. The van der Waals surface area contributed by atoms with E-state index in [1.807, 2.05) is 12.1 Å². The van der Waals surface area contributed by atoms with Crippen molar-refractivity contribution in [3.63, 3.8) is 0 Å². The third kappa shape index (κ3) is 5.23. The van der Waals surface area contributed by atoms with Gasteiger partial charge in [-0.05, 0) is 31.9 Å². The van der Waals surface area contributed by atoms with E-state index >= 15 is 0 Å². The summed E-state index contributed by atoms with van der Waals surface area (Å²) in [5, 5.41) is 1.12. The number of benzene rings is 1. The molecule has 1 aromatic rings. The molecule has 0 heterocycles. The van der Waals surface area contributed by atoms with Crippen LogP contribution < -0.4 is 5.73 Å². The number of ether oxygens (including phenoxy) is 1. The molecule has 0 aromatic heterocycles. The minimum Gasteiger partial charge on any atom is -0.383 e. The SMILES string of the molecule is COCCN(CCC(N)c1cccc(Cl)c1Cl)C(C)C. The molecule has 0 aliphatic heterocycles. The first-order valence-electron chi connectivity index (χ1n) is 6.89. The molecule has 1 rings (SSSR count). The molecule has 3 nitrogen and oxygen atoms in total. The Balaban J connectivity index is 2.60. The van der Waals surface area contributed by atoms with E-state index in [1.165, 1.54) is 0 Å². The van der Waals surface area contributed by atoms with Gasteiger partial charge >= 0.3 is 0 Å². The number of hydrogen-bond donors (Lipinski definition) is 1. The van der Waals surface area contributed by atoms with Gasteiger partial charge in [0.1, 0.15) is 0 Å². The van der Waals surface area contributed by atoms with Gasteiger partial charge in [-0.3, -0.25) is 4.90 Å². The summed E-state index contributed by atoms with van der Waals surface area (Å²) in [6.45, 7) is 6.89. The van der Waals surface area contributed by atoms with Crippen LogP contribution in [0.3, 0.4) is 0 Å². The van der Waals surface area contributed by atoms with Crippen LogP contribution in [0.5, 0.6) is 0 Å². The molecule has 0 spiro atoms. The van der Waals surface area contributed by atoms with E-state index in [1.54, 1.807) is 13.2 Å². The number of hydrogen-bond acceptors (Lipinski definition) is 3. The number of nitrogens with two attached hydrogens (primary N) is 1. The topological polar surface area (TPSA) is 38.5 Å². The molecule has 114 valence electrons. The van der Waals surface area contributed by atoms with Crippen LogP contribution in [0.15, 0.2) is 18.2 Å². The van der Waals surface area contributed by atoms with Crippen molar-refractivity contribution in [2.75, 3.05) is 26.8 Å². The van der Waals surface area contributed by atoms with Crippen LogP contribution in [0, 0.1) is 0 Å². The van der Waals surface area contributed by atoms with Crippen molar-refractivity contribution in [1.29, 1.82) is 0 Å². The van der Waals surface area contributed by atoms with Gasteiger partial charge in [0.2, 0.25) is 0 Å². The molecule has 0 fully saturated rings. The van der Waals surface area contributed by atoms with E-state index in [9.17, 15) is 0 Å². The second kappa shape index (κ2) is 8.85. The standard InChI is InChI=1S/C15H24Cl2N2O/c1-11(2)19(9-10-20-3)8-7-14(18)12-5-4-6-13(16)15(12)17/h4-6,11,14H,7-10,18H2,1-3H3. The van der Waals surface area contributed by atoms with Crippen molar-refractivity contribution in [3.05, 3.63) is 33.8 Å². The molecule has 1 unspecified atom stereocenters.